The molecular formula is C20H29NO4. The van der Waals surface area contributed by atoms with E-state index in [4.69, 9.17) is 9.47 Å². The van der Waals surface area contributed by atoms with Crippen molar-refractivity contribution >= 4 is 12.1 Å². The Balaban J connectivity index is 1.78. The van der Waals surface area contributed by atoms with Gasteiger partial charge in [0.15, 0.2) is 0 Å². The fourth-order valence-corrected chi connectivity index (χ4v) is 3.07. The second kappa shape index (κ2) is 8.37. The van der Waals surface area contributed by atoms with Crippen molar-refractivity contribution in [2.75, 3.05) is 13.1 Å². The molecule has 1 aromatic carbocycles. The van der Waals surface area contributed by atoms with Gasteiger partial charge in [-0.15, -0.1) is 0 Å². The van der Waals surface area contributed by atoms with Crippen molar-refractivity contribution in [1.82, 2.24) is 4.90 Å². The van der Waals surface area contributed by atoms with Crippen molar-refractivity contribution in [2.45, 2.75) is 52.7 Å². The monoisotopic (exact) mass is 347 g/mol. The summed E-state index contributed by atoms with van der Waals surface area (Å²) in [5.41, 5.74) is 0.520. The van der Waals surface area contributed by atoms with Crippen molar-refractivity contribution < 1.29 is 19.1 Å². The molecular weight excluding hydrogens is 318 g/mol. The number of hydrogen-bond donors (Lipinski definition) is 0. The number of amides is 1. The number of carbonyl (C=O) groups is 2. The highest BCUT2D eigenvalue weighted by Gasteiger charge is 2.32. The molecule has 0 bridgehead atoms. The van der Waals surface area contributed by atoms with Crippen LogP contribution in [-0.2, 0) is 20.9 Å². The fraction of sp³-hybridized carbons (Fsp3) is 0.600. The molecule has 0 spiro atoms. The van der Waals surface area contributed by atoms with E-state index in [1.807, 2.05) is 51.1 Å². The molecule has 1 heterocycles. The molecule has 1 aliphatic heterocycles. The standard InChI is InChI=1S/C20H29NO4/c1-15-13-21(19(23)24-14-16-8-6-5-7-9-16)11-10-17(15)12-18(22)25-20(2,3)4/h5-9,15,17H,10-14H2,1-4H3. The highest BCUT2D eigenvalue weighted by atomic mass is 16.6. The van der Waals surface area contributed by atoms with Gasteiger partial charge < -0.3 is 14.4 Å². The van der Waals surface area contributed by atoms with Gasteiger partial charge in [0, 0.05) is 19.5 Å². The first kappa shape index (κ1) is 19.3. The Morgan fingerprint density at radius 2 is 1.88 bits per heavy atom. The first-order chi connectivity index (χ1) is 11.7. The van der Waals surface area contributed by atoms with E-state index < -0.39 is 5.60 Å². The third-order valence-electron chi connectivity index (χ3n) is 4.40. The zero-order valence-corrected chi connectivity index (χ0v) is 15.7. The number of nitrogens with zero attached hydrogens (tertiary/aromatic N) is 1. The number of esters is 1. The molecule has 0 aromatic heterocycles. The van der Waals surface area contributed by atoms with Crippen LogP contribution < -0.4 is 0 Å². The molecule has 5 heteroatoms. The topological polar surface area (TPSA) is 55.8 Å². The Labute approximate surface area is 150 Å². The molecule has 1 fully saturated rings. The van der Waals surface area contributed by atoms with Crippen LogP contribution in [0.1, 0.15) is 46.1 Å². The molecule has 1 saturated heterocycles. The van der Waals surface area contributed by atoms with Crippen LogP contribution in [0.25, 0.3) is 0 Å². The predicted octanol–water partition coefficient (Wildman–Crippen LogP) is 4.01. The van der Waals surface area contributed by atoms with Crippen molar-refractivity contribution in [3.8, 4) is 0 Å². The van der Waals surface area contributed by atoms with Gasteiger partial charge in [0.25, 0.3) is 0 Å². The lowest BCUT2D eigenvalue weighted by Crippen LogP contribution is -2.43. The summed E-state index contributed by atoms with van der Waals surface area (Å²) < 4.78 is 10.8. The van der Waals surface area contributed by atoms with Crippen LogP contribution in [0, 0.1) is 11.8 Å². The predicted molar refractivity (Wildman–Crippen MR) is 95.9 cm³/mol. The maximum Gasteiger partial charge on any atom is 0.410 e. The molecule has 2 unspecified atom stereocenters. The quantitative estimate of drug-likeness (QED) is 0.772. The molecule has 2 atom stereocenters. The molecule has 0 saturated carbocycles. The summed E-state index contributed by atoms with van der Waals surface area (Å²) >= 11 is 0. The molecule has 0 radical (unpaired) electrons. The van der Waals surface area contributed by atoms with Crippen LogP contribution in [0.2, 0.25) is 0 Å². The minimum atomic E-state index is -0.456. The molecule has 1 aromatic rings. The average Bonchev–Trinajstić information content (AvgIpc) is 2.53. The van der Waals surface area contributed by atoms with Gasteiger partial charge in [-0.2, -0.15) is 0 Å². The van der Waals surface area contributed by atoms with Crippen molar-refractivity contribution in [3.63, 3.8) is 0 Å². The number of rotatable bonds is 4. The summed E-state index contributed by atoms with van der Waals surface area (Å²) in [4.78, 5) is 26.0. The van der Waals surface area contributed by atoms with Crippen LogP contribution in [0.3, 0.4) is 0 Å². The van der Waals surface area contributed by atoms with Crippen LogP contribution in [-0.4, -0.2) is 35.7 Å². The lowest BCUT2D eigenvalue weighted by atomic mass is 9.84. The van der Waals surface area contributed by atoms with E-state index in [2.05, 4.69) is 6.92 Å². The highest BCUT2D eigenvalue weighted by Crippen LogP contribution is 2.27. The van der Waals surface area contributed by atoms with Gasteiger partial charge in [-0.1, -0.05) is 37.3 Å². The number of ether oxygens (including phenoxy) is 2. The third-order valence-corrected chi connectivity index (χ3v) is 4.40. The van der Waals surface area contributed by atoms with Crippen LogP contribution in [0.15, 0.2) is 30.3 Å². The number of piperidine rings is 1. The van der Waals surface area contributed by atoms with Gasteiger partial charge in [-0.05, 0) is 44.6 Å². The Bertz CT molecular complexity index is 579. The van der Waals surface area contributed by atoms with Gasteiger partial charge in [0.1, 0.15) is 12.2 Å². The van der Waals surface area contributed by atoms with Crippen molar-refractivity contribution in [1.29, 1.82) is 0 Å². The average molecular weight is 347 g/mol. The van der Waals surface area contributed by atoms with Gasteiger partial charge in [-0.25, -0.2) is 4.79 Å². The molecule has 5 nitrogen and oxygen atoms in total. The zero-order valence-electron chi connectivity index (χ0n) is 15.7. The minimum Gasteiger partial charge on any atom is -0.460 e. The van der Waals surface area contributed by atoms with Crippen LogP contribution >= 0.6 is 0 Å². The van der Waals surface area contributed by atoms with Gasteiger partial charge in [0.2, 0.25) is 0 Å². The molecule has 138 valence electrons. The summed E-state index contributed by atoms with van der Waals surface area (Å²) in [6.07, 6.45) is 0.915. The second-order valence-corrected chi connectivity index (χ2v) is 7.80. The van der Waals surface area contributed by atoms with Crippen molar-refractivity contribution in [3.05, 3.63) is 35.9 Å². The molecule has 0 N–H and O–H groups in total. The Morgan fingerprint density at radius 3 is 2.48 bits per heavy atom. The Morgan fingerprint density at radius 1 is 1.20 bits per heavy atom. The minimum absolute atomic E-state index is 0.163. The van der Waals surface area contributed by atoms with E-state index in [1.165, 1.54) is 0 Å². The third kappa shape index (κ3) is 6.40. The lowest BCUT2D eigenvalue weighted by molar-refractivity contribution is -0.156. The highest BCUT2D eigenvalue weighted by molar-refractivity contribution is 5.70. The van der Waals surface area contributed by atoms with Crippen molar-refractivity contribution in [2.24, 2.45) is 11.8 Å². The Kier molecular flexibility index (Phi) is 6.45. The van der Waals surface area contributed by atoms with E-state index in [1.54, 1.807) is 4.90 Å². The molecule has 2 rings (SSSR count). The molecule has 25 heavy (non-hydrogen) atoms. The van der Waals surface area contributed by atoms with E-state index in [9.17, 15) is 9.59 Å². The largest absolute Gasteiger partial charge is 0.460 e. The SMILES string of the molecule is CC1CN(C(=O)OCc2ccccc2)CCC1CC(=O)OC(C)(C)C. The number of carbonyl (C=O) groups excluding carboxylic acids is 2. The van der Waals surface area contributed by atoms with E-state index in [-0.39, 0.29) is 30.5 Å². The van der Waals surface area contributed by atoms with Gasteiger partial charge in [-0.3, -0.25) is 4.79 Å². The van der Waals surface area contributed by atoms with E-state index in [0.717, 1.165) is 12.0 Å². The second-order valence-electron chi connectivity index (χ2n) is 7.80. The summed E-state index contributed by atoms with van der Waals surface area (Å²) in [5.74, 6) is 0.322. The lowest BCUT2D eigenvalue weighted by Gasteiger charge is -2.36. The van der Waals surface area contributed by atoms with Crippen LogP contribution in [0.4, 0.5) is 4.79 Å². The van der Waals surface area contributed by atoms with E-state index >= 15 is 0 Å². The van der Waals surface area contributed by atoms with Gasteiger partial charge in [0.05, 0.1) is 0 Å². The summed E-state index contributed by atoms with van der Waals surface area (Å²) in [6, 6.07) is 9.65. The normalized spacial score (nSPS) is 20.9. The smallest absolute Gasteiger partial charge is 0.410 e. The van der Waals surface area contributed by atoms with Crippen LogP contribution in [0.5, 0.6) is 0 Å². The maximum absolute atomic E-state index is 12.2. The maximum atomic E-state index is 12.2. The Hall–Kier alpha value is -2.04. The molecule has 1 aliphatic rings. The summed E-state index contributed by atoms with van der Waals surface area (Å²) in [5, 5.41) is 0. The van der Waals surface area contributed by atoms with Gasteiger partial charge >= 0.3 is 12.1 Å². The summed E-state index contributed by atoms with van der Waals surface area (Å²) in [7, 11) is 0. The molecule has 1 amide bonds. The number of likely N-dealkylation sites (tertiary alicyclic amines) is 1. The summed E-state index contributed by atoms with van der Waals surface area (Å²) in [6.45, 7) is 9.21. The molecule has 0 aliphatic carbocycles. The van der Waals surface area contributed by atoms with E-state index in [0.29, 0.717) is 19.5 Å². The fourth-order valence-electron chi connectivity index (χ4n) is 3.07. The number of hydrogen-bond acceptors (Lipinski definition) is 4. The first-order valence-corrected chi connectivity index (χ1v) is 8.92. The zero-order chi connectivity index (χ0) is 18.4. The first-order valence-electron chi connectivity index (χ1n) is 8.92. The number of benzene rings is 1.